The molecule has 0 spiro atoms. The van der Waals surface area contributed by atoms with Gasteiger partial charge in [-0.05, 0) is 18.2 Å². The summed E-state index contributed by atoms with van der Waals surface area (Å²) >= 11 is 0. The van der Waals surface area contributed by atoms with Crippen LogP contribution in [0.1, 0.15) is 20.7 Å². The molecule has 0 aliphatic carbocycles. The second kappa shape index (κ2) is 5.16. The number of nitrogens with one attached hydrogen (secondary N) is 2. The van der Waals surface area contributed by atoms with E-state index in [0.717, 1.165) is 4.90 Å². The zero-order valence-electron chi connectivity index (χ0n) is 11.0. The predicted octanol–water partition coefficient (Wildman–Crippen LogP) is 0.735. The second-order valence-corrected chi connectivity index (χ2v) is 4.58. The molecule has 6 nitrogen and oxygen atoms in total. The lowest BCUT2D eigenvalue weighted by atomic mass is 10.1. The fourth-order valence-corrected chi connectivity index (χ4v) is 2.20. The summed E-state index contributed by atoms with van der Waals surface area (Å²) in [5, 5.41) is 2.62. The Morgan fingerprint density at radius 2 is 1.71 bits per heavy atom. The van der Waals surface area contributed by atoms with E-state index in [1.165, 1.54) is 0 Å². The number of nitrogens with zero attached hydrogens (tertiary/aromatic N) is 1. The van der Waals surface area contributed by atoms with Gasteiger partial charge >= 0.3 is 0 Å². The lowest BCUT2D eigenvalue weighted by molar-refractivity contribution is -0.377. The van der Waals surface area contributed by atoms with Crippen LogP contribution < -0.4 is 10.3 Å². The van der Waals surface area contributed by atoms with Gasteiger partial charge in [-0.25, -0.2) is 4.98 Å². The first kappa shape index (κ1) is 13.0. The van der Waals surface area contributed by atoms with E-state index in [2.05, 4.69) is 10.3 Å². The minimum Gasteiger partial charge on any atom is -0.320 e. The molecule has 21 heavy (non-hydrogen) atoms. The molecule has 0 saturated carbocycles. The van der Waals surface area contributed by atoms with Gasteiger partial charge in [0.1, 0.15) is 12.2 Å². The maximum absolute atomic E-state index is 12.1. The molecule has 1 aliphatic rings. The van der Waals surface area contributed by atoms with E-state index in [4.69, 9.17) is 0 Å². The van der Waals surface area contributed by atoms with Crippen molar-refractivity contribution in [3.63, 3.8) is 0 Å². The quantitative estimate of drug-likeness (QED) is 0.843. The number of imide groups is 1. The number of carbonyl (C=O) groups excluding carboxylic acids is 3. The van der Waals surface area contributed by atoms with Crippen LogP contribution >= 0.6 is 0 Å². The molecule has 0 atom stereocenters. The highest BCUT2D eigenvalue weighted by Gasteiger charge is 2.36. The van der Waals surface area contributed by atoms with Crippen molar-refractivity contribution >= 4 is 23.4 Å². The average molecular weight is 282 g/mol. The smallest absolute Gasteiger partial charge is 0.262 e. The first-order valence-corrected chi connectivity index (χ1v) is 6.38. The van der Waals surface area contributed by atoms with Crippen LogP contribution in [0.25, 0.3) is 0 Å². The van der Waals surface area contributed by atoms with Crippen LogP contribution in [0.15, 0.2) is 48.8 Å². The van der Waals surface area contributed by atoms with Crippen molar-refractivity contribution in [2.75, 3.05) is 11.9 Å². The lowest BCUT2D eigenvalue weighted by Gasteiger charge is -2.12. The minimum absolute atomic E-state index is 0.304. The summed E-state index contributed by atoms with van der Waals surface area (Å²) in [5.41, 5.74) is 1.24. The highest BCUT2D eigenvalue weighted by Crippen LogP contribution is 2.22. The zero-order valence-corrected chi connectivity index (χ0v) is 11.0. The summed E-state index contributed by atoms with van der Waals surface area (Å²) in [4.78, 5) is 39.9. The molecule has 2 aromatic rings. The molecule has 1 aromatic carbocycles. The number of H-pyrrole nitrogens is 1. The minimum atomic E-state index is -0.439. The van der Waals surface area contributed by atoms with Crippen molar-refractivity contribution in [2.24, 2.45) is 0 Å². The van der Waals surface area contributed by atoms with Crippen molar-refractivity contribution in [3.05, 3.63) is 59.9 Å². The molecule has 0 unspecified atom stereocenters. The van der Waals surface area contributed by atoms with Crippen LogP contribution in [0.4, 0.5) is 5.69 Å². The molecule has 2 heterocycles. The number of aromatic amines is 1. The average Bonchev–Trinajstić information content (AvgIpc) is 2.74. The van der Waals surface area contributed by atoms with Crippen molar-refractivity contribution in [1.29, 1.82) is 0 Å². The number of amides is 3. The first-order valence-electron chi connectivity index (χ1n) is 6.38. The number of hydrogen-bond acceptors (Lipinski definition) is 3. The predicted molar refractivity (Wildman–Crippen MR) is 73.4 cm³/mol. The van der Waals surface area contributed by atoms with Gasteiger partial charge in [-0.15, -0.1) is 0 Å². The Bertz CT molecular complexity index is 693. The number of rotatable bonds is 3. The molecule has 0 saturated heterocycles. The third kappa shape index (κ3) is 2.38. The van der Waals surface area contributed by atoms with E-state index in [9.17, 15) is 14.4 Å². The van der Waals surface area contributed by atoms with Crippen LogP contribution in [0, 0.1) is 0 Å². The van der Waals surface area contributed by atoms with Gasteiger partial charge in [0.25, 0.3) is 11.8 Å². The number of carbonyl (C=O) groups is 3. The van der Waals surface area contributed by atoms with E-state index in [-0.39, 0.29) is 6.54 Å². The fourth-order valence-electron chi connectivity index (χ4n) is 2.20. The van der Waals surface area contributed by atoms with Crippen LogP contribution in [-0.4, -0.2) is 29.2 Å². The van der Waals surface area contributed by atoms with Crippen molar-refractivity contribution < 1.29 is 19.4 Å². The van der Waals surface area contributed by atoms with Crippen molar-refractivity contribution in [1.82, 2.24) is 4.90 Å². The fraction of sp³-hybridized carbons (Fsp3) is 0.0667. The SMILES string of the molecule is O=C(CN1C(=O)c2ccccc2C1=O)Nc1ccc[nH+]c1. The maximum Gasteiger partial charge on any atom is 0.262 e. The summed E-state index contributed by atoms with van der Waals surface area (Å²) in [6, 6.07) is 9.98. The molecule has 1 aliphatic heterocycles. The molecule has 3 amide bonds. The highest BCUT2D eigenvalue weighted by molar-refractivity contribution is 6.22. The third-order valence-corrected chi connectivity index (χ3v) is 3.17. The van der Waals surface area contributed by atoms with Gasteiger partial charge < -0.3 is 5.32 Å². The monoisotopic (exact) mass is 282 g/mol. The normalized spacial score (nSPS) is 13.2. The van der Waals surface area contributed by atoms with E-state index in [1.54, 1.807) is 48.8 Å². The summed E-state index contributed by atoms with van der Waals surface area (Å²) < 4.78 is 0. The first-order chi connectivity index (χ1) is 10.2. The van der Waals surface area contributed by atoms with Gasteiger partial charge in [0.05, 0.1) is 11.1 Å². The number of fused-ring (bicyclic) bond motifs is 1. The van der Waals surface area contributed by atoms with Crippen molar-refractivity contribution in [3.8, 4) is 0 Å². The molecule has 0 bridgehead atoms. The number of hydrogen-bond donors (Lipinski definition) is 1. The third-order valence-electron chi connectivity index (χ3n) is 3.17. The molecule has 2 N–H and O–H groups in total. The van der Waals surface area contributed by atoms with E-state index >= 15 is 0 Å². The molecule has 0 fully saturated rings. The maximum atomic E-state index is 12.1. The van der Waals surface area contributed by atoms with Gasteiger partial charge in [0.15, 0.2) is 12.4 Å². The molecule has 0 radical (unpaired) electrons. The molecule has 104 valence electrons. The highest BCUT2D eigenvalue weighted by atomic mass is 16.2. The Labute approximate surface area is 120 Å². The van der Waals surface area contributed by atoms with Crippen LogP contribution in [-0.2, 0) is 4.79 Å². The van der Waals surface area contributed by atoms with Gasteiger partial charge in [0.2, 0.25) is 5.91 Å². The largest absolute Gasteiger partial charge is 0.320 e. The van der Waals surface area contributed by atoms with E-state index < -0.39 is 17.7 Å². The van der Waals surface area contributed by atoms with Gasteiger partial charge in [-0.1, -0.05) is 12.1 Å². The Morgan fingerprint density at radius 3 is 2.29 bits per heavy atom. The number of benzene rings is 1. The van der Waals surface area contributed by atoms with E-state index in [0.29, 0.717) is 16.8 Å². The van der Waals surface area contributed by atoms with E-state index in [1.807, 2.05) is 0 Å². The zero-order chi connectivity index (χ0) is 14.8. The van der Waals surface area contributed by atoms with Crippen LogP contribution in [0.5, 0.6) is 0 Å². The molecule has 6 heteroatoms. The topological polar surface area (TPSA) is 80.6 Å². The van der Waals surface area contributed by atoms with Gasteiger partial charge in [-0.3, -0.25) is 19.3 Å². The van der Waals surface area contributed by atoms with Gasteiger partial charge in [0, 0.05) is 6.07 Å². The van der Waals surface area contributed by atoms with Crippen LogP contribution in [0.2, 0.25) is 0 Å². The Morgan fingerprint density at radius 1 is 1.05 bits per heavy atom. The molecule has 1 aromatic heterocycles. The second-order valence-electron chi connectivity index (χ2n) is 4.58. The number of anilines is 1. The summed E-state index contributed by atoms with van der Waals surface area (Å²) in [6.45, 7) is -0.304. The summed E-state index contributed by atoms with van der Waals surface area (Å²) in [6.07, 6.45) is 3.32. The standard InChI is InChI=1S/C15H11N3O3/c19-13(17-10-4-3-7-16-8-10)9-18-14(20)11-5-1-2-6-12(11)15(18)21/h1-8H,9H2,(H,17,19)/p+1. The number of pyridine rings is 1. The Hall–Kier alpha value is -3.02. The van der Waals surface area contributed by atoms with Crippen LogP contribution in [0.3, 0.4) is 0 Å². The molecular weight excluding hydrogens is 270 g/mol. The molecule has 3 rings (SSSR count). The lowest BCUT2D eigenvalue weighted by Crippen LogP contribution is -2.37. The number of aromatic nitrogens is 1. The Balaban J connectivity index is 1.73. The van der Waals surface area contributed by atoms with Gasteiger partial charge in [-0.2, -0.15) is 0 Å². The summed E-state index contributed by atoms with van der Waals surface area (Å²) in [7, 11) is 0. The Kier molecular flexibility index (Phi) is 3.19. The summed E-state index contributed by atoms with van der Waals surface area (Å²) in [5.74, 6) is -1.31. The van der Waals surface area contributed by atoms with Crippen molar-refractivity contribution in [2.45, 2.75) is 0 Å². The molecular formula is C15H12N3O3+.